The van der Waals surface area contributed by atoms with Crippen LogP contribution in [0.2, 0.25) is 0 Å². The molecule has 244 valence electrons. The van der Waals surface area contributed by atoms with Crippen LogP contribution in [0.15, 0.2) is 42.5 Å². The van der Waals surface area contributed by atoms with E-state index in [9.17, 15) is 19.5 Å². The van der Waals surface area contributed by atoms with E-state index in [0.29, 0.717) is 43.0 Å². The largest absolute Gasteiger partial charge is 0.478 e. The maximum atomic E-state index is 15.0. The summed E-state index contributed by atoms with van der Waals surface area (Å²) in [5, 5.41) is 9.93. The van der Waals surface area contributed by atoms with E-state index in [4.69, 9.17) is 4.74 Å². The van der Waals surface area contributed by atoms with Gasteiger partial charge in [0.2, 0.25) is 0 Å². The van der Waals surface area contributed by atoms with Crippen molar-refractivity contribution in [1.82, 2.24) is 19.3 Å². The molecule has 3 aliphatic heterocycles. The lowest BCUT2D eigenvalue weighted by atomic mass is 9.89. The highest BCUT2D eigenvalue weighted by Crippen LogP contribution is 2.35. The summed E-state index contributed by atoms with van der Waals surface area (Å²) in [5.74, 6) is -1.06. The Kier molecular flexibility index (Phi) is 8.72. The van der Waals surface area contributed by atoms with E-state index in [0.717, 1.165) is 48.3 Å². The van der Waals surface area contributed by atoms with Crippen LogP contribution in [0.4, 0.5) is 4.79 Å². The van der Waals surface area contributed by atoms with Gasteiger partial charge in [0.05, 0.1) is 5.56 Å². The number of carboxylic acids is 1. The maximum absolute atomic E-state index is 15.0. The van der Waals surface area contributed by atoms with Crippen molar-refractivity contribution in [2.45, 2.75) is 84.5 Å². The minimum absolute atomic E-state index is 0.00683. The number of fused-ring (bicyclic) bond motifs is 2. The zero-order valence-corrected chi connectivity index (χ0v) is 27.8. The molecule has 1 fully saturated rings. The van der Waals surface area contributed by atoms with Gasteiger partial charge in [0.15, 0.2) is 0 Å². The minimum Gasteiger partial charge on any atom is -0.478 e. The monoisotopic (exact) mass is 626 g/mol. The van der Waals surface area contributed by atoms with Crippen molar-refractivity contribution in [3.8, 4) is 11.3 Å². The Bertz CT molecular complexity index is 1660. The van der Waals surface area contributed by atoms with Gasteiger partial charge in [-0.3, -0.25) is 4.79 Å². The fraction of sp³-hybridized carbons (Fsp3) is 0.486. The molecule has 9 nitrogen and oxygen atoms in total. The van der Waals surface area contributed by atoms with Crippen LogP contribution in [0.5, 0.6) is 0 Å². The van der Waals surface area contributed by atoms with Gasteiger partial charge in [0.1, 0.15) is 5.60 Å². The summed E-state index contributed by atoms with van der Waals surface area (Å²) >= 11 is 0. The number of carbonyl (C=O) groups is 3. The summed E-state index contributed by atoms with van der Waals surface area (Å²) in [7, 11) is 1.85. The average Bonchev–Trinajstić information content (AvgIpc) is 3.32. The van der Waals surface area contributed by atoms with E-state index in [1.54, 1.807) is 17.9 Å². The third-order valence-electron chi connectivity index (χ3n) is 9.81. The molecule has 3 aromatic rings. The third kappa shape index (κ3) is 6.43. The summed E-state index contributed by atoms with van der Waals surface area (Å²) in [5.41, 5.74) is 6.61. The number of carboxylic acid groups (broad SMARTS) is 1. The Morgan fingerprint density at radius 2 is 1.61 bits per heavy atom. The first-order valence-corrected chi connectivity index (χ1v) is 16.5. The molecule has 0 radical (unpaired) electrons. The Hall–Kier alpha value is -4.11. The van der Waals surface area contributed by atoms with E-state index in [1.807, 2.05) is 55.5 Å². The maximum Gasteiger partial charge on any atom is 0.410 e. The van der Waals surface area contributed by atoms with Gasteiger partial charge >= 0.3 is 12.1 Å². The number of likely N-dealkylation sites (tertiary alicyclic amines) is 1. The highest BCUT2D eigenvalue weighted by atomic mass is 16.6. The number of ether oxygens (including phenoxy) is 1. The lowest BCUT2D eigenvalue weighted by Gasteiger charge is -2.41. The first-order valence-electron chi connectivity index (χ1n) is 16.5. The second-order valence-electron chi connectivity index (χ2n) is 14.1. The van der Waals surface area contributed by atoms with Crippen molar-refractivity contribution in [1.29, 1.82) is 0 Å². The highest BCUT2D eigenvalue weighted by molar-refractivity contribution is 6.02. The summed E-state index contributed by atoms with van der Waals surface area (Å²) < 4.78 is 7.55. The van der Waals surface area contributed by atoms with Crippen molar-refractivity contribution in [2.75, 3.05) is 26.2 Å². The van der Waals surface area contributed by atoms with Crippen molar-refractivity contribution >= 4 is 18.0 Å². The second kappa shape index (κ2) is 12.6. The molecule has 1 aromatic heterocycles. The Morgan fingerprint density at radius 1 is 0.891 bits per heavy atom. The molecule has 1 N–H and O–H groups in total. The number of hydrogen-bond acceptors (Lipinski definition) is 5. The molecule has 6 rings (SSSR count). The minimum atomic E-state index is -0.993. The second-order valence-corrected chi connectivity index (χ2v) is 14.1. The smallest absolute Gasteiger partial charge is 0.410 e. The van der Waals surface area contributed by atoms with Crippen LogP contribution in [0.25, 0.3) is 11.3 Å². The number of carbonyl (C=O) groups excluding carboxylic acids is 2. The lowest BCUT2D eigenvalue weighted by Crippen LogP contribution is -2.51. The van der Waals surface area contributed by atoms with Crippen molar-refractivity contribution in [2.24, 2.45) is 7.05 Å². The van der Waals surface area contributed by atoms with Gasteiger partial charge in [-0.05, 0) is 107 Å². The molecule has 0 aliphatic carbocycles. The lowest BCUT2D eigenvalue weighted by molar-refractivity contribution is 0.0223. The normalized spacial score (nSPS) is 18.6. The number of amides is 2. The zero-order valence-electron chi connectivity index (χ0n) is 27.8. The van der Waals surface area contributed by atoms with Gasteiger partial charge in [-0.25, -0.2) is 9.59 Å². The molecule has 46 heavy (non-hydrogen) atoms. The molecule has 0 bridgehead atoms. The van der Waals surface area contributed by atoms with Crippen LogP contribution in [-0.2, 0) is 37.7 Å². The molecule has 2 amide bonds. The number of piperidine rings is 1. The highest BCUT2D eigenvalue weighted by Gasteiger charge is 2.35. The van der Waals surface area contributed by atoms with Gasteiger partial charge in [0, 0.05) is 61.8 Å². The Morgan fingerprint density at radius 3 is 2.28 bits per heavy atom. The van der Waals surface area contributed by atoms with Gasteiger partial charge in [-0.15, -0.1) is 0 Å². The molecule has 0 saturated carbocycles. The van der Waals surface area contributed by atoms with Crippen LogP contribution >= 0.6 is 0 Å². The fourth-order valence-electron chi connectivity index (χ4n) is 7.24. The van der Waals surface area contributed by atoms with Crippen molar-refractivity contribution < 1.29 is 24.2 Å². The van der Waals surface area contributed by atoms with E-state index in [1.165, 1.54) is 24.8 Å². The molecule has 1 atom stereocenters. The summed E-state index contributed by atoms with van der Waals surface area (Å²) in [4.78, 5) is 46.4. The number of nitrogens with zero attached hydrogens (tertiary/aromatic N) is 4. The molecular formula is C37H46N4O5. The molecule has 1 saturated heterocycles. The van der Waals surface area contributed by atoms with E-state index in [2.05, 4.69) is 23.1 Å². The van der Waals surface area contributed by atoms with Gasteiger partial charge in [-0.1, -0.05) is 30.7 Å². The van der Waals surface area contributed by atoms with E-state index >= 15 is 0 Å². The molecule has 2 aromatic carbocycles. The SMILES string of the molecule is Cc1c(C(=O)O)cc(-c2cc3c(cc2C(=O)N2Cc4ccccc4C[C@H]2CN2CCCCC2)CN(C(=O)OC(C)(C)C)CC3)n1C. The van der Waals surface area contributed by atoms with Gasteiger partial charge in [0.25, 0.3) is 5.91 Å². The Balaban J connectivity index is 1.43. The van der Waals surface area contributed by atoms with Crippen LogP contribution < -0.4 is 0 Å². The van der Waals surface area contributed by atoms with Crippen LogP contribution in [0.3, 0.4) is 0 Å². The molecule has 0 unspecified atom stereocenters. The van der Waals surface area contributed by atoms with Crippen LogP contribution in [0, 0.1) is 6.92 Å². The first-order chi connectivity index (χ1) is 21.9. The number of hydrogen-bond donors (Lipinski definition) is 1. The summed E-state index contributed by atoms with van der Waals surface area (Å²) in [6.45, 7) is 11.6. The predicted octanol–water partition coefficient (Wildman–Crippen LogP) is 6.04. The number of aromatic nitrogens is 1. The van der Waals surface area contributed by atoms with Crippen LogP contribution in [-0.4, -0.2) is 80.2 Å². The zero-order chi connectivity index (χ0) is 32.7. The summed E-state index contributed by atoms with van der Waals surface area (Å²) in [6, 6.07) is 14.1. The Labute approximate surface area is 271 Å². The fourth-order valence-corrected chi connectivity index (χ4v) is 7.24. The predicted molar refractivity (Wildman–Crippen MR) is 177 cm³/mol. The van der Waals surface area contributed by atoms with Crippen molar-refractivity contribution in [3.63, 3.8) is 0 Å². The third-order valence-corrected chi connectivity index (χ3v) is 9.81. The van der Waals surface area contributed by atoms with Gasteiger partial charge in [-0.2, -0.15) is 0 Å². The standard InChI is InChI=1S/C37H46N4O5/c1-24-30(35(43)44)20-33(38(24)5)31-18-26-13-16-40(36(45)46-37(2,3)4)21-28(26)19-32(31)34(42)41-22-27-12-8-7-11-25(27)17-29(41)23-39-14-9-6-10-15-39/h7-8,11-12,18-20,29H,6,9-10,13-17,21-23H2,1-5H3,(H,43,44)/t29-/m0/s1. The van der Waals surface area contributed by atoms with E-state index < -0.39 is 11.6 Å². The van der Waals surface area contributed by atoms with E-state index in [-0.39, 0.29) is 23.6 Å². The molecule has 0 spiro atoms. The van der Waals surface area contributed by atoms with Crippen LogP contribution in [0.1, 0.15) is 88.7 Å². The molecular weight excluding hydrogens is 580 g/mol. The molecule has 9 heteroatoms. The number of rotatable bonds is 5. The number of aromatic carboxylic acids is 1. The van der Waals surface area contributed by atoms with Gasteiger partial charge < -0.3 is 29.1 Å². The molecule has 4 heterocycles. The quantitative estimate of drug-likeness (QED) is 0.371. The molecule has 3 aliphatic rings. The first kappa shape index (κ1) is 31.9. The number of benzene rings is 2. The topological polar surface area (TPSA) is 95.3 Å². The summed E-state index contributed by atoms with van der Waals surface area (Å²) in [6.07, 6.45) is 4.64. The average molecular weight is 627 g/mol. The van der Waals surface area contributed by atoms with Crippen molar-refractivity contribution in [3.05, 3.63) is 81.5 Å².